The van der Waals surface area contributed by atoms with Gasteiger partial charge in [0.25, 0.3) is 0 Å². The highest BCUT2D eigenvalue weighted by Crippen LogP contribution is 2.18. The lowest BCUT2D eigenvalue weighted by molar-refractivity contribution is 0.894. The third-order valence-electron chi connectivity index (χ3n) is 3.01. The van der Waals surface area contributed by atoms with Crippen LogP contribution >= 0.6 is 11.6 Å². The number of hydrogen-bond donors (Lipinski definition) is 1. The molecule has 5 heteroatoms. The second-order valence-electron chi connectivity index (χ2n) is 4.30. The fourth-order valence-electron chi connectivity index (χ4n) is 2.05. The van der Waals surface area contributed by atoms with Gasteiger partial charge in [0.1, 0.15) is 0 Å². The van der Waals surface area contributed by atoms with Gasteiger partial charge in [0.15, 0.2) is 11.5 Å². The maximum Gasteiger partial charge on any atom is 0.160 e. The molecule has 0 saturated heterocycles. The first-order valence-electron chi connectivity index (χ1n) is 6.04. The summed E-state index contributed by atoms with van der Waals surface area (Å²) >= 11 is 6.15. The molecule has 2 aromatic heterocycles. The summed E-state index contributed by atoms with van der Waals surface area (Å²) in [7, 11) is 0. The molecule has 4 nitrogen and oxygen atoms in total. The number of fused-ring (bicyclic) bond motifs is 1. The van der Waals surface area contributed by atoms with E-state index in [2.05, 4.69) is 10.1 Å². The monoisotopic (exact) mass is 272 g/mol. The molecule has 0 saturated carbocycles. The molecule has 0 unspecified atom stereocenters. The Morgan fingerprint density at radius 1 is 1.11 bits per heavy atom. The van der Waals surface area contributed by atoms with E-state index in [1.165, 1.54) is 0 Å². The van der Waals surface area contributed by atoms with Crippen LogP contribution in [0.25, 0.3) is 5.65 Å². The van der Waals surface area contributed by atoms with Gasteiger partial charge in [0, 0.05) is 29.7 Å². The largest absolute Gasteiger partial charge is 0.326 e. The van der Waals surface area contributed by atoms with Gasteiger partial charge in [-0.3, -0.25) is 0 Å². The third kappa shape index (κ3) is 2.32. The molecule has 2 N–H and O–H groups in total. The average Bonchev–Trinajstić information content (AvgIpc) is 2.83. The molecule has 19 heavy (non-hydrogen) atoms. The summed E-state index contributed by atoms with van der Waals surface area (Å²) in [4.78, 5) is 4.53. The molecule has 0 aliphatic rings. The SMILES string of the molecule is NCc1cccn2nc(Cc3ccccc3Cl)nc12. The zero-order valence-electron chi connectivity index (χ0n) is 10.3. The molecule has 0 bridgehead atoms. The van der Waals surface area contributed by atoms with Crippen LogP contribution in [0.15, 0.2) is 42.6 Å². The number of hydrogen-bond acceptors (Lipinski definition) is 3. The molecule has 0 atom stereocenters. The van der Waals surface area contributed by atoms with Gasteiger partial charge in [-0.05, 0) is 17.7 Å². The Labute approximate surface area is 115 Å². The number of pyridine rings is 1. The van der Waals surface area contributed by atoms with Gasteiger partial charge in [0.05, 0.1) is 0 Å². The van der Waals surface area contributed by atoms with Crippen LogP contribution in [-0.2, 0) is 13.0 Å². The first-order chi connectivity index (χ1) is 9.28. The Morgan fingerprint density at radius 3 is 2.68 bits per heavy atom. The first-order valence-corrected chi connectivity index (χ1v) is 6.42. The van der Waals surface area contributed by atoms with Crippen LogP contribution in [0, 0.1) is 0 Å². The highest BCUT2D eigenvalue weighted by molar-refractivity contribution is 6.31. The zero-order chi connectivity index (χ0) is 13.2. The van der Waals surface area contributed by atoms with Crippen molar-refractivity contribution in [2.75, 3.05) is 0 Å². The average molecular weight is 273 g/mol. The van der Waals surface area contributed by atoms with Crippen LogP contribution in [0.1, 0.15) is 17.0 Å². The van der Waals surface area contributed by atoms with E-state index in [0.29, 0.717) is 13.0 Å². The minimum atomic E-state index is 0.453. The molecule has 96 valence electrons. The molecular weight excluding hydrogens is 260 g/mol. The summed E-state index contributed by atoms with van der Waals surface area (Å²) in [5.74, 6) is 0.744. The van der Waals surface area contributed by atoms with Gasteiger partial charge in [-0.2, -0.15) is 5.10 Å². The molecule has 0 spiro atoms. The molecule has 0 aliphatic carbocycles. The van der Waals surface area contributed by atoms with Crippen molar-refractivity contribution in [3.63, 3.8) is 0 Å². The summed E-state index contributed by atoms with van der Waals surface area (Å²) in [6.07, 6.45) is 2.49. The minimum Gasteiger partial charge on any atom is -0.326 e. The molecule has 0 radical (unpaired) electrons. The lowest BCUT2D eigenvalue weighted by Crippen LogP contribution is -1.99. The highest BCUT2D eigenvalue weighted by atomic mass is 35.5. The van der Waals surface area contributed by atoms with Crippen LogP contribution in [0.2, 0.25) is 5.02 Å². The van der Waals surface area contributed by atoms with E-state index in [1.807, 2.05) is 42.6 Å². The molecule has 3 aromatic rings. The summed E-state index contributed by atoms with van der Waals surface area (Å²) in [6, 6.07) is 11.6. The van der Waals surface area contributed by atoms with Crippen molar-refractivity contribution in [2.24, 2.45) is 5.73 Å². The summed E-state index contributed by atoms with van der Waals surface area (Å²) in [5.41, 5.74) is 8.52. The van der Waals surface area contributed by atoms with Crippen LogP contribution in [-0.4, -0.2) is 14.6 Å². The first kappa shape index (κ1) is 12.1. The number of rotatable bonds is 3. The molecule has 0 aliphatic heterocycles. The fourth-order valence-corrected chi connectivity index (χ4v) is 2.25. The van der Waals surface area contributed by atoms with Gasteiger partial charge in [-0.25, -0.2) is 9.50 Å². The topological polar surface area (TPSA) is 56.2 Å². The van der Waals surface area contributed by atoms with E-state index in [1.54, 1.807) is 4.52 Å². The number of aromatic nitrogens is 3. The number of halogens is 1. The third-order valence-corrected chi connectivity index (χ3v) is 3.38. The summed E-state index contributed by atoms with van der Waals surface area (Å²) < 4.78 is 1.76. The Bertz CT molecular complexity index is 720. The number of nitrogens with two attached hydrogens (primary N) is 1. The maximum absolute atomic E-state index is 6.15. The van der Waals surface area contributed by atoms with Gasteiger partial charge < -0.3 is 5.73 Å². The van der Waals surface area contributed by atoms with Gasteiger partial charge in [-0.1, -0.05) is 35.9 Å². The van der Waals surface area contributed by atoms with E-state index >= 15 is 0 Å². The Hall–Kier alpha value is -1.91. The van der Waals surface area contributed by atoms with Gasteiger partial charge in [0.2, 0.25) is 0 Å². The fraction of sp³-hybridized carbons (Fsp3) is 0.143. The smallest absolute Gasteiger partial charge is 0.160 e. The predicted octanol–water partition coefficient (Wildman–Crippen LogP) is 2.43. The van der Waals surface area contributed by atoms with E-state index in [-0.39, 0.29) is 0 Å². The van der Waals surface area contributed by atoms with Gasteiger partial charge >= 0.3 is 0 Å². The normalized spacial score (nSPS) is 11.1. The van der Waals surface area contributed by atoms with Crippen LogP contribution in [0.5, 0.6) is 0 Å². The van der Waals surface area contributed by atoms with Crippen molar-refractivity contribution in [1.82, 2.24) is 14.6 Å². The van der Waals surface area contributed by atoms with Crippen molar-refractivity contribution < 1.29 is 0 Å². The van der Waals surface area contributed by atoms with Crippen LogP contribution in [0.4, 0.5) is 0 Å². The zero-order valence-corrected chi connectivity index (χ0v) is 11.0. The van der Waals surface area contributed by atoms with E-state index in [0.717, 1.165) is 27.6 Å². The Kier molecular flexibility index (Phi) is 3.19. The van der Waals surface area contributed by atoms with Crippen molar-refractivity contribution >= 4 is 17.2 Å². The second-order valence-corrected chi connectivity index (χ2v) is 4.71. The quantitative estimate of drug-likeness (QED) is 0.797. The molecule has 0 amide bonds. The van der Waals surface area contributed by atoms with E-state index in [4.69, 9.17) is 17.3 Å². The van der Waals surface area contributed by atoms with E-state index < -0.39 is 0 Å². The van der Waals surface area contributed by atoms with Crippen LogP contribution in [0.3, 0.4) is 0 Å². The van der Waals surface area contributed by atoms with Crippen LogP contribution < -0.4 is 5.73 Å². The number of nitrogens with zero attached hydrogens (tertiary/aromatic N) is 3. The summed E-state index contributed by atoms with van der Waals surface area (Å²) in [6.45, 7) is 0.453. The van der Waals surface area contributed by atoms with Crippen molar-refractivity contribution in [3.8, 4) is 0 Å². The number of benzene rings is 1. The summed E-state index contributed by atoms with van der Waals surface area (Å²) in [5, 5.41) is 5.19. The standard InChI is InChI=1S/C14H13ClN4/c15-12-6-2-1-4-10(12)8-13-17-14-11(9-16)5-3-7-19(14)18-13/h1-7H,8-9,16H2. The molecule has 1 aromatic carbocycles. The Morgan fingerprint density at radius 2 is 1.89 bits per heavy atom. The maximum atomic E-state index is 6.15. The minimum absolute atomic E-state index is 0.453. The molecule has 0 fully saturated rings. The van der Waals surface area contributed by atoms with Crippen molar-refractivity contribution in [3.05, 3.63) is 64.6 Å². The predicted molar refractivity (Wildman–Crippen MR) is 75.1 cm³/mol. The molecule has 2 heterocycles. The van der Waals surface area contributed by atoms with E-state index in [9.17, 15) is 0 Å². The molecular formula is C14H13ClN4. The lowest BCUT2D eigenvalue weighted by atomic mass is 10.1. The highest BCUT2D eigenvalue weighted by Gasteiger charge is 2.09. The lowest BCUT2D eigenvalue weighted by Gasteiger charge is -1.99. The molecule has 3 rings (SSSR count). The Balaban J connectivity index is 2.00. The van der Waals surface area contributed by atoms with Crippen molar-refractivity contribution in [2.45, 2.75) is 13.0 Å². The second kappa shape index (κ2) is 4.99. The van der Waals surface area contributed by atoms with Crippen molar-refractivity contribution in [1.29, 1.82) is 0 Å². The van der Waals surface area contributed by atoms with Gasteiger partial charge in [-0.15, -0.1) is 0 Å².